The second-order valence-electron chi connectivity index (χ2n) is 11.1. The molecule has 4 heteroatoms. The number of aromatic nitrogens is 1. The van der Waals surface area contributed by atoms with Gasteiger partial charge in [0.2, 0.25) is 0 Å². The molecule has 0 aliphatic rings. The van der Waals surface area contributed by atoms with E-state index in [1.807, 2.05) is 30.5 Å². The molecule has 0 saturated carbocycles. The van der Waals surface area contributed by atoms with Crippen LogP contribution in [0.1, 0.15) is 0 Å². The molecule has 0 bridgehead atoms. The van der Waals surface area contributed by atoms with Gasteiger partial charge in [-0.3, -0.25) is 4.98 Å². The zero-order chi connectivity index (χ0) is 32.2. The van der Waals surface area contributed by atoms with Gasteiger partial charge in [-0.1, -0.05) is 138 Å². The third kappa shape index (κ3) is 6.11. The maximum Gasteiger partial charge on any atom is 0.159 e. The van der Waals surface area contributed by atoms with E-state index in [1.54, 1.807) is 12.2 Å². The fourth-order valence-electron chi connectivity index (χ4n) is 5.82. The molecule has 0 radical (unpaired) electrons. The Labute approximate surface area is 282 Å². The molecule has 0 spiro atoms. The molecule has 6 aromatic carbocycles. The number of fused-ring (bicyclic) bond motifs is 4. The highest BCUT2D eigenvalue weighted by atomic mass is 79.9. The monoisotopic (exact) mass is 670 g/mol. The Morgan fingerprint density at radius 2 is 1.17 bits per heavy atom. The fraction of sp³-hybridized carbons (Fsp3) is 0. The maximum atomic E-state index is 6.52. The lowest BCUT2D eigenvalue weighted by Crippen LogP contribution is -2.10. The summed E-state index contributed by atoms with van der Waals surface area (Å²) >= 11 is 3.79. The third-order valence-electron chi connectivity index (χ3n) is 8.12. The Balaban J connectivity index is 0.000000833. The fourth-order valence-corrected chi connectivity index (χ4v) is 6.27. The third-order valence-corrected chi connectivity index (χ3v) is 8.57. The highest BCUT2D eigenvalue weighted by Gasteiger charge is 2.20. The maximum absolute atomic E-state index is 6.52. The molecule has 0 fully saturated rings. The Hall–Kier alpha value is -5.71. The van der Waals surface area contributed by atoms with Crippen LogP contribution in [0.2, 0.25) is 0 Å². The molecule has 8 rings (SSSR count). The van der Waals surface area contributed by atoms with Crippen molar-refractivity contribution in [3.8, 4) is 22.4 Å². The number of halogens is 1. The second kappa shape index (κ2) is 13.3. The summed E-state index contributed by atoms with van der Waals surface area (Å²) < 4.78 is 7.51. The van der Waals surface area contributed by atoms with Gasteiger partial charge < -0.3 is 9.32 Å². The highest BCUT2D eigenvalue weighted by Crippen LogP contribution is 2.44. The summed E-state index contributed by atoms with van der Waals surface area (Å²) in [5.74, 6) is 0. The van der Waals surface area contributed by atoms with Gasteiger partial charge in [-0.05, 0) is 65.0 Å². The van der Waals surface area contributed by atoms with Crippen molar-refractivity contribution in [1.29, 1.82) is 0 Å². The zero-order valence-corrected chi connectivity index (χ0v) is 27.3. The van der Waals surface area contributed by atoms with Crippen molar-refractivity contribution in [2.75, 3.05) is 4.90 Å². The molecular weight excluding hydrogens is 640 g/mol. The first-order chi connectivity index (χ1) is 23.1. The predicted octanol–water partition coefficient (Wildman–Crippen LogP) is 13.1. The van der Waals surface area contributed by atoms with Gasteiger partial charge in [-0.15, -0.1) is 0 Å². The topological polar surface area (TPSA) is 29.3 Å². The number of para-hydroxylation sites is 1. The van der Waals surface area contributed by atoms with Crippen molar-refractivity contribution < 1.29 is 4.42 Å². The summed E-state index contributed by atoms with van der Waals surface area (Å²) in [6, 6.07) is 50.7. The van der Waals surface area contributed by atoms with Crippen molar-refractivity contribution in [3.05, 3.63) is 182 Å². The number of allylic oxidation sites excluding steroid dienone is 2. The number of hydrogen-bond donors (Lipinski definition) is 0. The number of furan rings is 1. The van der Waals surface area contributed by atoms with Gasteiger partial charge in [0.05, 0.1) is 11.4 Å². The largest absolute Gasteiger partial charge is 0.454 e. The molecule has 0 saturated heterocycles. The minimum atomic E-state index is 0.844. The van der Waals surface area contributed by atoms with Crippen LogP contribution in [0.25, 0.3) is 55.1 Å². The Kier molecular flexibility index (Phi) is 8.50. The first kappa shape index (κ1) is 30.0. The molecule has 0 atom stereocenters. The van der Waals surface area contributed by atoms with E-state index in [2.05, 4.69) is 155 Å². The summed E-state index contributed by atoms with van der Waals surface area (Å²) in [6.45, 7) is 6.72. The van der Waals surface area contributed by atoms with Crippen LogP contribution in [-0.4, -0.2) is 4.98 Å². The van der Waals surface area contributed by atoms with Gasteiger partial charge >= 0.3 is 0 Å². The Bertz CT molecular complexity index is 2330. The molecule has 226 valence electrons. The molecular formula is C43H31BrN2O. The molecule has 0 unspecified atom stereocenters. The molecule has 0 N–H and O–H groups in total. The lowest BCUT2D eigenvalue weighted by molar-refractivity contribution is 0.669. The van der Waals surface area contributed by atoms with Gasteiger partial charge in [-0.25, -0.2) is 0 Å². The predicted molar refractivity (Wildman–Crippen MR) is 203 cm³/mol. The number of pyridine rings is 1. The lowest BCUT2D eigenvalue weighted by atomic mass is 10.0. The van der Waals surface area contributed by atoms with Crippen LogP contribution in [0.4, 0.5) is 17.1 Å². The van der Waals surface area contributed by atoms with Gasteiger partial charge in [-0.2, -0.15) is 0 Å². The zero-order valence-electron chi connectivity index (χ0n) is 25.7. The van der Waals surface area contributed by atoms with E-state index in [-0.39, 0.29) is 0 Å². The first-order valence-corrected chi connectivity index (χ1v) is 16.2. The normalized spacial score (nSPS) is 10.8. The number of anilines is 3. The van der Waals surface area contributed by atoms with Crippen molar-refractivity contribution in [2.24, 2.45) is 0 Å². The van der Waals surface area contributed by atoms with Crippen molar-refractivity contribution in [1.82, 2.24) is 4.98 Å². The van der Waals surface area contributed by atoms with Gasteiger partial charge in [0.25, 0.3) is 0 Å². The van der Waals surface area contributed by atoms with Crippen LogP contribution < -0.4 is 4.90 Å². The standard InChI is InChI=1S/C39H25BrN2O.C4H6/c40-31-23-35-34-12-6-7-13-38(34)43-39(35)37(24-31)42(32-18-14-27(15-19-32)26-8-2-1-3-9-26)33-20-16-28(17-21-33)36-22-29-10-4-5-11-30(29)25-41-36;1-3-4-2/h1-25H;3-4H,1-2H2. The summed E-state index contributed by atoms with van der Waals surface area (Å²) in [6.07, 6.45) is 5.22. The summed E-state index contributed by atoms with van der Waals surface area (Å²) in [7, 11) is 0. The van der Waals surface area contributed by atoms with E-state index in [1.165, 1.54) is 16.5 Å². The van der Waals surface area contributed by atoms with Crippen LogP contribution >= 0.6 is 15.9 Å². The SMILES string of the molecule is Brc1cc(N(c2ccc(-c3ccccc3)cc2)c2ccc(-c3cc4ccccc4cn3)cc2)c2oc3ccccc3c2c1.C=CC=C. The molecule has 0 amide bonds. The van der Waals surface area contributed by atoms with Gasteiger partial charge in [0.15, 0.2) is 5.58 Å². The van der Waals surface area contributed by atoms with Crippen molar-refractivity contribution >= 4 is 65.7 Å². The number of hydrogen-bond acceptors (Lipinski definition) is 3. The number of rotatable bonds is 6. The van der Waals surface area contributed by atoms with E-state index in [9.17, 15) is 0 Å². The molecule has 0 aliphatic carbocycles. The quantitative estimate of drug-likeness (QED) is 0.165. The van der Waals surface area contributed by atoms with Gasteiger partial charge in [0, 0.05) is 43.8 Å². The Morgan fingerprint density at radius 1 is 0.574 bits per heavy atom. The minimum absolute atomic E-state index is 0.844. The van der Waals surface area contributed by atoms with E-state index < -0.39 is 0 Å². The summed E-state index contributed by atoms with van der Waals surface area (Å²) in [5.41, 5.74) is 9.12. The van der Waals surface area contributed by atoms with Crippen molar-refractivity contribution in [3.63, 3.8) is 0 Å². The van der Waals surface area contributed by atoms with E-state index in [0.29, 0.717) is 0 Å². The smallest absolute Gasteiger partial charge is 0.159 e. The summed E-state index contributed by atoms with van der Waals surface area (Å²) in [5, 5.41) is 4.48. The van der Waals surface area contributed by atoms with Crippen LogP contribution in [0.3, 0.4) is 0 Å². The first-order valence-electron chi connectivity index (χ1n) is 15.4. The van der Waals surface area contributed by atoms with E-state index >= 15 is 0 Å². The molecule has 3 nitrogen and oxygen atoms in total. The molecule has 0 aliphatic heterocycles. The number of nitrogens with zero attached hydrogens (tertiary/aromatic N) is 2. The van der Waals surface area contributed by atoms with Crippen LogP contribution in [0.5, 0.6) is 0 Å². The summed E-state index contributed by atoms with van der Waals surface area (Å²) in [4.78, 5) is 7.01. The molecule has 8 aromatic rings. The average molecular weight is 672 g/mol. The van der Waals surface area contributed by atoms with E-state index in [4.69, 9.17) is 9.40 Å². The molecule has 2 aromatic heterocycles. The highest BCUT2D eigenvalue weighted by molar-refractivity contribution is 9.10. The van der Waals surface area contributed by atoms with Crippen LogP contribution in [0, 0.1) is 0 Å². The lowest BCUT2D eigenvalue weighted by Gasteiger charge is -2.26. The van der Waals surface area contributed by atoms with Crippen LogP contribution in [0.15, 0.2) is 186 Å². The average Bonchev–Trinajstić information content (AvgIpc) is 3.51. The number of benzene rings is 6. The second-order valence-corrected chi connectivity index (χ2v) is 12.0. The Morgan fingerprint density at radius 3 is 1.87 bits per heavy atom. The minimum Gasteiger partial charge on any atom is -0.454 e. The van der Waals surface area contributed by atoms with Crippen molar-refractivity contribution in [2.45, 2.75) is 0 Å². The molecule has 47 heavy (non-hydrogen) atoms. The molecule has 2 heterocycles. The van der Waals surface area contributed by atoms with Crippen LogP contribution in [-0.2, 0) is 0 Å². The van der Waals surface area contributed by atoms with E-state index in [0.717, 1.165) is 60.1 Å². The van der Waals surface area contributed by atoms with Gasteiger partial charge in [0.1, 0.15) is 5.58 Å².